The molecule has 1 saturated heterocycles. The van der Waals surface area contributed by atoms with E-state index in [1.807, 2.05) is 0 Å². The number of amides is 2. The molecule has 7 heteroatoms. The minimum Gasteiger partial charge on any atom is -0.392 e. The van der Waals surface area contributed by atoms with Crippen LogP contribution in [0, 0.1) is 17.2 Å². The topological polar surface area (TPSA) is 87.7 Å². The zero-order chi connectivity index (χ0) is 19.0. The van der Waals surface area contributed by atoms with E-state index in [2.05, 4.69) is 10.6 Å². The van der Waals surface area contributed by atoms with Gasteiger partial charge in [-0.2, -0.15) is 0 Å². The molecule has 1 aromatic carbocycles. The molecule has 146 valence electrons. The van der Waals surface area contributed by atoms with E-state index < -0.39 is 17.8 Å². The maximum Gasteiger partial charge on any atom is 0.228 e. The van der Waals surface area contributed by atoms with Crippen molar-refractivity contribution in [1.82, 2.24) is 5.32 Å². The van der Waals surface area contributed by atoms with E-state index in [-0.39, 0.29) is 29.6 Å². The van der Waals surface area contributed by atoms with Crippen LogP contribution < -0.4 is 10.6 Å². The molecule has 1 unspecified atom stereocenters. The van der Waals surface area contributed by atoms with E-state index >= 15 is 0 Å². The molecule has 2 fully saturated rings. The second-order valence-electron chi connectivity index (χ2n) is 8.00. The van der Waals surface area contributed by atoms with Gasteiger partial charge >= 0.3 is 0 Å². The largest absolute Gasteiger partial charge is 0.392 e. The summed E-state index contributed by atoms with van der Waals surface area (Å²) in [7, 11) is 0. The Morgan fingerprint density at radius 3 is 2.89 bits per heavy atom. The van der Waals surface area contributed by atoms with Crippen LogP contribution in [0.1, 0.15) is 43.6 Å². The molecule has 0 aromatic heterocycles. The Bertz CT molecular complexity index is 747. The molecule has 4 rings (SSSR count). The van der Waals surface area contributed by atoms with E-state index in [1.165, 1.54) is 12.1 Å². The third-order valence-corrected chi connectivity index (χ3v) is 6.48. The standard InChI is InChI=1S/C20H25FN2O4/c21-13-1-2-14-15(10-17(24)23-16(14)9-13)19(26)22-11-12-3-4-20(18(12)25)5-7-27-8-6-20/h1-2,9,12,15,18,25H,3-8,10-11H2,(H,22,26)(H,23,24)/t12-,15?,18+/m0/s1. The number of carbonyl (C=O) groups is 2. The lowest BCUT2D eigenvalue weighted by atomic mass is 9.76. The first kappa shape index (κ1) is 18.4. The van der Waals surface area contributed by atoms with Gasteiger partial charge in [-0.25, -0.2) is 4.39 Å². The molecule has 6 nitrogen and oxygen atoms in total. The summed E-state index contributed by atoms with van der Waals surface area (Å²) in [6.07, 6.45) is 3.14. The van der Waals surface area contributed by atoms with Crippen LogP contribution in [0.4, 0.5) is 10.1 Å². The zero-order valence-electron chi connectivity index (χ0n) is 15.2. The average Bonchev–Trinajstić information content (AvgIpc) is 2.95. The van der Waals surface area contributed by atoms with Gasteiger partial charge in [-0.3, -0.25) is 9.59 Å². The number of rotatable bonds is 3. The first-order chi connectivity index (χ1) is 13.0. The Morgan fingerprint density at radius 1 is 1.33 bits per heavy atom. The van der Waals surface area contributed by atoms with Crippen LogP contribution >= 0.6 is 0 Å². The van der Waals surface area contributed by atoms with Crippen molar-refractivity contribution in [1.29, 1.82) is 0 Å². The SMILES string of the molecule is O=C1CC(C(=O)NC[C@@H]2CCC3(CCOCC3)[C@@H]2O)c2ccc(F)cc2N1. The van der Waals surface area contributed by atoms with Crippen LogP contribution in [0.2, 0.25) is 0 Å². The molecule has 3 atom stereocenters. The number of halogens is 1. The van der Waals surface area contributed by atoms with E-state index in [0.717, 1.165) is 25.7 Å². The summed E-state index contributed by atoms with van der Waals surface area (Å²) < 4.78 is 18.9. The van der Waals surface area contributed by atoms with Crippen LogP contribution in [0.25, 0.3) is 0 Å². The second-order valence-corrected chi connectivity index (χ2v) is 8.00. The van der Waals surface area contributed by atoms with E-state index in [9.17, 15) is 19.1 Å². The number of nitrogens with one attached hydrogen (secondary N) is 2. The number of fused-ring (bicyclic) bond motifs is 1. The number of carbonyl (C=O) groups excluding carboxylic acids is 2. The summed E-state index contributed by atoms with van der Waals surface area (Å²) in [5.74, 6) is -1.62. The monoisotopic (exact) mass is 376 g/mol. The fourth-order valence-electron chi connectivity index (χ4n) is 4.84. The van der Waals surface area contributed by atoms with Crippen LogP contribution in [0.5, 0.6) is 0 Å². The first-order valence-electron chi connectivity index (χ1n) is 9.61. The van der Waals surface area contributed by atoms with Gasteiger partial charge in [-0.05, 0) is 43.4 Å². The summed E-state index contributed by atoms with van der Waals surface area (Å²) in [5, 5.41) is 16.3. The fourth-order valence-corrected chi connectivity index (χ4v) is 4.84. The minimum absolute atomic E-state index is 0.0113. The minimum atomic E-state index is -0.634. The van der Waals surface area contributed by atoms with Crippen molar-refractivity contribution in [3.63, 3.8) is 0 Å². The number of benzene rings is 1. The summed E-state index contributed by atoms with van der Waals surface area (Å²) in [4.78, 5) is 24.6. The Morgan fingerprint density at radius 2 is 2.11 bits per heavy atom. The molecule has 1 spiro atoms. The molecule has 0 bridgehead atoms. The summed E-state index contributed by atoms with van der Waals surface area (Å²) in [6, 6.07) is 4.09. The smallest absolute Gasteiger partial charge is 0.228 e. The van der Waals surface area contributed by atoms with Crippen molar-refractivity contribution >= 4 is 17.5 Å². The predicted molar refractivity (Wildman–Crippen MR) is 96.6 cm³/mol. The van der Waals surface area contributed by atoms with Gasteiger partial charge in [0, 0.05) is 43.2 Å². The van der Waals surface area contributed by atoms with Crippen molar-refractivity contribution < 1.29 is 23.8 Å². The first-order valence-corrected chi connectivity index (χ1v) is 9.61. The number of ether oxygens (including phenoxy) is 1. The van der Waals surface area contributed by atoms with E-state index in [1.54, 1.807) is 6.07 Å². The lowest BCUT2D eigenvalue weighted by molar-refractivity contribution is -0.126. The highest BCUT2D eigenvalue weighted by Gasteiger charge is 2.48. The van der Waals surface area contributed by atoms with Gasteiger partial charge in [0.25, 0.3) is 0 Å². The molecule has 3 N–H and O–H groups in total. The number of hydrogen-bond donors (Lipinski definition) is 3. The normalized spacial score (nSPS) is 29.3. The van der Waals surface area contributed by atoms with Crippen molar-refractivity contribution in [2.75, 3.05) is 25.1 Å². The Kier molecular flexibility index (Phi) is 4.90. The molecule has 2 heterocycles. The quantitative estimate of drug-likeness (QED) is 0.752. The molecule has 1 aliphatic carbocycles. The van der Waals surface area contributed by atoms with Crippen LogP contribution in [-0.2, 0) is 14.3 Å². The molecule has 2 aliphatic heterocycles. The van der Waals surface area contributed by atoms with Crippen molar-refractivity contribution in [3.8, 4) is 0 Å². The Balaban J connectivity index is 1.41. The molecule has 27 heavy (non-hydrogen) atoms. The van der Waals surface area contributed by atoms with Crippen LogP contribution in [-0.4, -0.2) is 42.8 Å². The van der Waals surface area contributed by atoms with Crippen molar-refractivity contribution in [2.45, 2.75) is 44.1 Å². The second kappa shape index (κ2) is 7.20. The molecular formula is C20H25FN2O4. The van der Waals surface area contributed by atoms with Gasteiger partial charge in [0.15, 0.2) is 0 Å². The lowest BCUT2D eigenvalue weighted by Gasteiger charge is -2.37. The number of hydrogen-bond acceptors (Lipinski definition) is 4. The predicted octanol–water partition coefficient (Wildman–Crippen LogP) is 1.94. The third kappa shape index (κ3) is 3.46. The van der Waals surface area contributed by atoms with Gasteiger partial charge in [0.1, 0.15) is 5.82 Å². The maximum absolute atomic E-state index is 13.4. The van der Waals surface area contributed by atoms with Gasteiger partial charge in [0.05, 0.1) is 12.0 Å². The lowest BCUT2D eigenvalue weighted by Crippen LogP contribution is -2.43. The Labute approximate surface area is 157 Å². The highest BCUT2D eigenvalue weighted by molar-refractivity contribution is 6.01. The summed E-state index contributed by atoms with van der Waals surface area (Å²) in [5.41, 5.74) is 0.900. The van der Waals surface area contributed by atoms with Crippen LogP contribution in [0.15, 0.2) is 18.2 Å². The number of aliphatic hydroxyl groups is 1. The van der Waals surface area contributed by atoms with E-state index in [0.29, 0.717) is 31.0 Å². The average molecular weight is 376 g/mol. The van der Waals surface area contributed by atoms with Crippen molar-refractivity contribution in [2.24, 2.45) is 11.3 Å². The number of aliphatic hydroxyl groups excluding tert-OH is 1. The van der Waals surface area contributed by atoms with E-state index in [4.69, 9.17) is 4.74 Å². The number of anilines is 1. The molecular weight excluding hydrogens is 351 g/mol. The fraction of sp³-hybridized carbons (Fsp3) is 0.600. The molecule has 1 aromatic rings. The van der Waals surface area contributed by atoms with Gasteiger partial charge in [-0.15, -0.1) is 0 Å². The zero-order valence-corrected chi connectivity index (χ0v) is 15.2. The van der Waals surface area contributed by atoms with Crippen molar-refractivity contribution in [3.05, 3.63) is 29.6 Å². The Hall–Kier alpha value is -1.99. The van der Waals surface area contributed by atoms with Gasteiger partial charge in [0.2, 0.25) is 11.8 Å². The summed E-state index contributed by atoms with van der Waals surface area (Å²) >= 11 is 0. The highest BCUT2D eigenvalue weighted by atomic mass is 19.1. The van der Waals surface area contributed by atoms with Crippen LogP contribution in [0.3, 0.4) is 0 Å². The van der Waals surface area contributed by atoms with Gasteiger partial charge in [-0.1, -0.05) is 6.07 Å². The molecule has 1 saturated carbocycles. The third-order valence-electron chi connectivity index (χ3n) is 6.48. The van der Waals surface area contributed by atoms with Gasteiger partial charge < -0.3 is 20.5 Å². The molecule has 2 amide bonds. The molecule has 3 aliphatic rings. The summed E-state index contributed by atoms with van der Waals surface area (Å²) in [6.45, 7) is 1.75. The molecule has 0 radical (unpaired) electrons. The maximum atomic E-state index is 13.4. The highest BCUT2D eigenvalue weighted by Crippen LogP contribution is 2.48.